The van der Waals surface area contributed by atoms with E-state index in [9.17, 15) is 4.79 Å². The van der Waals surface area contributed by atoms with Crippen molar-refractivity contribution in [3.8, 4) is 5.75 Å². The Bertz CT molecular complexity index is 420. The predicted molar refractivity (Wildman–Crippen MR) is 81.7 cm³/mol. The zero-order valence-electron chi connectivity index (χ0n) is 11.6. The van der Waals surface area contributed by atoms with Gasteiger partial charge in [-0.15, -0.1) is 0 Å². The summed E-state index contributed by atoms with van der Waals surface area (Å²) in [6, 6.07) is 5.89. The van der Waals surface area contributed by atoms with Crippen LogP contribution in [0.3, 0.4) is 0 Å². The lowest BCUT2D eigenvalue weighted by Crippen LogP contribution is -2.37. The molecule has 1 rings (SSSR count). The largest absolute Gasteiger partial charge is 0.496 e. The van der Waals surface area contributed by atoms with Gasteiger partial charge in [0.1, 0.15) is 5.75 Å². The molecule has 0 saturated heterocycles. The van der Waals surface area contributed by atoms with Crippen LogP contribution in [0.1, 0.15) is 26.7 Å². The highest BCUT2D eigenvalue weighted by molar-refractivity contribution is 9.10. The SMILES string of the molecule is CCC(CC)NC(=O)CNc1ccc(OC)c(Br)c1. The van der Waals surface area contributed by atoms with Crippen molar-refractivity contribution in [3.63, 3.8) is 0 Å². The van der Waals surface area contributed by atoms with Gasteiger partial charge in [-0.3, -0.25) is 4.79 Å². The van der Waals surface area contributed by atoms with Crippen molar-refractivity contribution in [2.45, 2.75) is 32.7 Å². The van der Waals surface area contributed by atoms with Crippen LogP contribution < -0.4 is 15.4 Å². The fraction of sp³-hybridized carbons (Fsp3) is 0.500. The molecule has 4 nitrogen and oxygen atoms in total. The lowest BCUT2D eigenvalue weighted by molar-refractivity contribution is -0.120. The van der Waals surface area contributed by atoms with Crippen LogP contribution in [-0.2, 0) is 4.79 Å². The number of halogens is 1. The second-order valence-electron chi connectivity index (χ2n) is 4.28. The summed E-state index contributed by atoms with van der Waals surface area (Å²) in [6.07, 6.45) is 1.91. The smallest absolute Gasteiger partial charge is 0.239 e. The molecule has 2 N–H and O–H groups in total. The standard InChI is InChI=1S/C14H21BrN2O2/c1-4-10(5-2)17-14(18)9-16-11-6-7-13(19-3)12(15)8-11/h6-8,10,16H,4-5,9H2,1-3H3,(H,17,18). The Labute approximate surface area is 123 Å². The Morgan fingerprint density at radius 2 is 2.05 bits per heavy atom. The van der Waals surface area contributed by atoms with Crippen LogP contribution in [0, 0.1) is 0 Å². The van der Waals surface area contributed by atoms with E-state index in [0.29, 0.717) is 0 Å². The molecule has 5 heteroatoms. The fourth-order valence-electron chi connectivity index (χ4n) is 1.73. The maximum atomic E-state index is 11.7. The number of hydrogen-bond acceptors (Lipinski definition) is 3. The highest BCUT2D eigenvalue weighted by atomic mass is 79.9. The molecule has 0 saturated carbocycles. The summed E-state index contributed by atoms with van der Waals surface area (Å²) in [4.78, 5) is 11.7. The van der Waals surface area contributed by atoms with Crippen molar-refractivity contribution in [1.29, 1.82) is 0 Å². The molecule has 0 fully saturated rings. The maximum absolute atomic E-state index is 11.7. The summed E-state index contributed by atoms with van der Waals surface area (Å²) in [7, 11) is 1.62. The van der Waals surface area contributed by atoms with Crippen molar-refractivity contribution >= 4 is 27.5 Å². The molecule has 0 atom stereocenters. The number of hydrogen-bond donors (Lipinski definition) is 2. The summed E-state index contributed by atoms with van der Waals surface area (Å²) in [5, 5.41) is 6.08. The van der Waals surface area contributed by atoms with Gasteiger partial charge in [0.25, 0.3) is 0 Å². The number of anilines is 1. The van der Waals surface area contributed by atoms with E-state index in [0.717, 1.165) is 28.8 Å². The second-order valence-corrected chi connectivity index (χ2v) is 5.14. The zero-order valence-corrected chi connectivity index (χ0v) is 13.2. The van der Waals surface area contributed by atoms with Gasteiger partial charge in [0.05, 0.1) is 18.1 Å². The molecule has 19 heavy (non-hydrogen) atoms. The van der Waals surface area contributed by atoms with Crippen LogP contribution in [0.5, 0.6) is 5.75 Å². The number of ether oxygens (including phenoxy) is 1. The van der Waals surface area contributed by atoms with Crippen LogP contribution in [0.15, 0.2) is 22.7 Å². The molecule has 1 aromatic rings. The number of benzene rings is 1. The van der Waals surface area contributed by atoms with Crippen LogP contribution in [-0.4, -0.2) is 25.6 Å². The van der Waals surface area contributed by atoms with Crippen LogP contribution in [0.4, 0.5) is 5.69 Å². The lowest BCUT2D eigenvalue weighted by atomic mass is 10.2. The molecule has 0 aromatic heterocycles. The molecule has 0 bridgehead atoms. The molecule has 0 aliphatic carbocycles. The lowest BCUT2D eigenvalue weighted by Gasteiger charge is -2.15. The molecule has 0 unspecified atom stereocenters. The number of nitrogens with one attached hydrogen (secondary N) is 2. The average molecular weight is 329 g/mol. The Hall–Kier alpha value is -1.23. The van der Waals surface area contributed by atoms with Gasteiger partial charge in [-0.05, 0) is 47.0 Å². The fourth-order valence-corrected chi connectivity index (χ4v) is 2.27. The van der Waals surface area contributed by atoms with Gasteiger partial charge in [0.2, 0.25) is 5.91 Å². The summed E-state index contributed by atoms with van der Waals surface area (Å²) in [6.45, 7) is 4.42. The molecule has 106 valence electrons. The first kappa shape index (κ1) is 15.8. The first-order valence-electron chi connectivity index (χ1n) is 6.47. The number of carbonyl (C=O) groups excluding carboxylic acids is 1. The van der Waals surface area contributed by atoms with Crippen molar-refractivity contribution in [2.24, 2.45) is 0 Å². The van der Waals surface area contributed by atoms with Gasteiger partial charge in [-0.2, -0.15) is 0 Å². The number of methoxy groups -OCH3 is 1. The zero-order chi connectivity index (χ0) is 14.3. The monoisotopic (exact) mass is 328 g/mol. The highest BCUT2D eigenvalue weighted by Crippen LogP contribution is 2.27. The molecule has 0 radical (unpaired) electrons. The van der Waals surface area contributed by atoms with Crippen LogP contribution >= 0.6 is 15.9 Å². The highest BCUT2D eigenvalue weighted by Gasteiger charge is 2.08. The number of amides is 1. The first-order valence-corrected chi connectivity index (χ1v) is 7.26. The third kappa shape index (κ3) is 5.11. The van der Waals surface area contributed by atoms with Crippen molar-refractivity contribution in [1.82, 2.24) is 5.32 Å². The summed E-state index contributed by atoms with van der Waals surface area (Å²) in [5.74, 6) is 0.785. The van der Waals surface area contributed by atoms with Gasteiger partial charge in [-0.1, -0.05) is 13.8 Å². The van der Waals surface area contributed by atoms with E-state index >= 15 is 0 Å². The van der Waals surface area contributed by atoms with Gasteiger partial charge < -0.3 is 15.4 Å². The molecule has 0 heterocycles. The minimum absolute atomic E-state index is 0.0145. The second kappa shape index (κ2) is 8.04. The van der Waals surface area contributed by atoms with Crippen molar-refractivity contribution in [2.75, 3.05) is 19.0 Å². The van der Waals surface area contributed by atoms with Crippen molar-refractivity contribution in [3.05, 3.63) is 22.7 Å². The van der Waals surface area contributed by atoms with E-state index in [1.54, 1.807) is 7.11 Å². The Morgan fingerprint density at radius 1 is 1.37 bits per heavy atom. The van der Waals surface area contributed by atoms with E-state index in [1.165, 1.54) is 0 Å². The van der Waals surface area contributed by atoms with Gasteiger partial charge >= 0.3 is 0 Å². The number of rotatable bonds is 7. The Morgan fingerprint density at radius 3 is 2.58 bits per heavy atom. The van der Waals surface area contributed by atoms with E-state index in [4.69, 9.17) is 4.74 Å². The molecular formula is C14H21BrN2O2. The first-order chi connectivity index (χ1) is 9.10. The Balaban J connectivity index is 2.48. The number of carbonyl (C=O) groups is 1. The van der Waals surface area contributed by atoms with Crippen molar-refractivity contribution < 1.29 is 9.53 Å². The third-order valence-electron chi connectivity index (χ3n) is 2.96. The topological polar surface area (TPSA) is 50.4 Å². The van der Waals surface area contributed by atoms with Crippen LogP contribution in [0.25, 0.3) is 0 Å². The van der Waals surface area contributed by atoms with Gasteiger partial charge in [-0.25, -0.2) is 0 Å². The average Bonchev–Trinajstić information content (AvgIpc) is 2.42. The Kier molecular flexibility index (Phi) is 6.70. The van der Waals surface area contributed by atoms with Crippen LogP contribution in [0.2, 0.25) is 0 Å². The summed E-state index contributed by atoms with van der Waals surface area (Å²) in [5.41, 5.74) is 0.882. The van der Waals surface area contributed by atoms with Gasteiger partial charge in [0.15, 0.2) is 0 Å². The molecule has 1 amide bonds. The molecule has 0 aliphatic heterocycles. The molecule has 1 aromatic carbocycles. The van der Waals surface area contributed by atoms with E-state index < -0.39 is 0 Å². The van der Waals surface area contributed by atoms with E-state index in [2.05, 4.69) is 40.4 Å². The maximum Gasteiger partial charge on any atom is 0.239 e. The summed E-state index contributed by atoms with van der Waals surface area (Å²) >= 11 is 3.41. The molecule has 0 aliphatic rings. The molecule has 0 spiro atoms. The third-order valence-corrected chi connectivity index (χ3v) is 3.58. The predicted octanol–water partition coefficient (Wildman–Crippen LogP) is 3.17. The van der Waals surface area contributed by atoms with Gasteiger partial charge in [0, 0.05) is 11.7 Å². The quantitative estimate of drug-likeness (QED) is 0.808. The normalized spacial score (nSPS) is 10.4. The minimum Gasteiger partial charge on any atom is -0.496 e. The molecular weight excluding hydrogens is 308 g/mol. The van der Waals surface area contributed by atoms with E-state index in [1.807, 2.05) is 18.2 Å². The summed E-state index contributed by atoms with van der Waals surface area (Å²) < 4.78 is 6.01. The minimum atomic E-state index is 0.0145. The van der Waals surface area contributed by atoms with E-state index in [-0.39, 0.29) is 18.5 Å².